The molecule has 1 N–H and O–H groups in total. The summed E-state index contributed by atoms with van der Waals surface area (Å²) in [5, 5.41) is 4.84. The van der Waals surface area contributed by atoms with Crippen molar-refractivity contribution < 1.29 is 9.47 Å². The van der Waals surface area contributed by atoms with Crippen LogP contribution in [0.3, 0.4) is 0 Å². The molecule has 3 aliphatic rings. The zero-order valence-corrected chi connectivity index (χ0v) is 18.6. The van der Waals surface area contributed by atoms with Gasteiger partial charge in [0.05, 0.1) is 0 Å². The van der Waals surface area contributed by atoms with Gasteiger partial charge in [-0.2, -0.15) is 0 Å². The second kappa shape index (κ2) is 8.43. The fraction of sp³-hybridized carbons (Fsp3) is 0.538. The summed E-state index contributed by atoms with van der Waals surface area (Å²) >= 11 is 6.21. The highest BCUT2D eigenvalue weighted by Gasteiger charge is 2.41. The molecule has 0 bridgehead atoms. The van der Waals surface area contributed by atoms with E-state index in [1.165, 1.54) is 56.1 Å². The lowest BCUT2D eigenvalue weighted by atomic mass is 9.74. The topological polar surface area (TPSA) is 30.5 Å². The van der Waals surface area contributed by atoms with E-state index >= 15 is 0 Å². The molecular formula is C26H32ClNO2. The van der Waals surface area contributed by atoms with Crippen molar-refractivity contribution in [2.75, 3.05) is 6.79 Å². The van der Waals surface area contributed by atoms with Gasteiger partial charge in [0, 0.05) is 22.5 Å². The highest BCUT2D eigenvalue weighted by molar-refractivity contribution is 6.30. The summed E-state index contributed by atoms with van der Waals surface area (Å²) in [6.07, 6.45) is 10.0. The largest absolute Gasteiger partial charge is 0.454 e. The summed E-state index contributed by atoms with van der Waals surface area (Å²) < 4.78 is 11.1. The van der Waals surface area contributed by atoms with Gasteiger partial charge in [0.1, 0.15) is 0 Å². The maximum atomic E-state index is 6.21. The van der Waals surface area contributed by atoms with Gasteiger partial charge in [0.2, 0.25) is 6.79 Å². The lowest BCUT2D eigenvalue weighted by Gasteiger charge is -2.33. The first kappa shape index (κ1) is 20.2. The number of benzene rings is 2. The van der Waals surface area contributed by atoms with Gasteiger partial charge < -0.3 is 14.8 Å². The molecule has 2 saturated carbocycles. The van der Waals surface area contributed by atoms with Crippen LogP contribution in [0.25, 0.3) is 0 Å². The SMILES string of the molecule is CC1CCC(NC2CCC(Cc3ccc4c(c3)OCO4)(c3ccc(Cl)cc3)C2)CC1. The van der Waals surface area contributed by atoms with E-state index in [9.17, 15) is 0 Å². The molecule has 1 heterocycles. The predicted octanol–water partition coefficient (Wildman–Crippen LogP) is 6.27. The van der Waals surface area contributed by atoms with E-state index in [-0.39, 0.29) is 5.41 Å². The van der Waals surface area contributed by atoms with Gasteiger partial charge >= 0.3 is 0 Å². The Labute approximate surface area is 185 Å². The van der Waals surface area contributed by atoms with Crippen LogP contribution in [0.4, 0.5) is 0 Å². The molecule has 2 atom stereocenters. The number of hydrogen-bond donors (Lipinski definition) is 1. The van der Waals surface area contributed by atoms with Gasteiger partial charge in [-0.3, -0.25) is 0 Å². The minimum atomic E-state index is 0.137. The minimum absolute atomic E-state index is 0.137. The first-order valence-corrected chi connectivity index (χ1v) is 11.9. The highest BCUT2D eigenvalue weighted by Crippen LogP contribution is 2.45. The number of hydrogen-bond acceptors (Lipinski definition) is 3. The molecule has 2 unspecified atom stereocenters. The second-order valence-electron chi connectivity index (χ2n) is 9.71. The average molecular weight is 426 g/mol. The van der Waals surface area contributed by atoms with E-state index in [1.807, 2.05) is 12.1 Å². The zero-order chi connectivity index (χ0) is 20.6. The highest BCUT2D eigenvalue weighted by atomic mass is 35.5. The number of ether oxygens (including phenoxy) is 2. The van der Waals surface area contributed by atoms with Crippen molar-refractivity contribution in [2.45, 2.75) is 75.8 Å². The van der Waals surface area contributed by atoms with Gasteiger partial charge in [-0.05, 0) is 92.7 Å². The second-order valence-corrected chi connectivity index (χ2v) is 10.2. The van der Waals surface area contributed by atoms with Crippen molar-refractivity contribution in [1.82, 2.24) is 5.32 Å². The molecule has 0 radical (unpaired) electrons. The third kappa shape index (κ3) is 4.20. The van der Waals surface area contributed by atoms with E-state index < -0.39 is 0 Å². The Balaban J connectivity index is 1.36. The maximum Gasteiger partial charge on any atom is 0.231 e. The molecule has 4 heteroatoms. The zero-order valence-electron chi connectivity index (χ0n) is 17.8. The molecule has 2 aromatic carbocycles. The Hall–Kier alpha value is -1.71. The maximum absolute atomic E-state index is 6.21. The minimum Gasteiger partial charge on any atom is -0.454 e. The third-order valence-corrected chi connectivity index (χ3v) is 7.78. The molecule has 0 saturated heterocycles. The molecular weight excluding hydrogens is 394 g/mol. The monoisotopic (exact) mass is 425 g/mol. The van der Waals surface area contributed by atoms with Crippen LogP contribution in [-0.2, 0) is 11.8 Å². The number of halogens is 1. The lowest BCUT2D eigenvalue weighted by molar-refractivity contribution is 0.174. The Bertz CT molecular complexity index is 875. The van der Waals surface area contributed by atoms with E-state index in [4.69, 9.17) is 21.1 Å². The summed E-state index contributed by atoms with van der Waals surface area (Å²) in [4.78, 5) is 0. The van der Waals surface area contributed by atoms with Crippen LogP contribution < -0.4 is 14.8 Å². The molecule has 2 aromatic rings. The van der Waals surface area contributed by atoms with Gasteiger partial charge in [0.25, 0.3) is 0 Å². The lowest BCUT2D eigenvalue weighted by Crippen LogP contribution is -2.40. The summed E-state index contributed by atoms with van der Waals surface area (Å²) in [6, 6.07) is 16.3. The predicted molar refractivity (Wildman–Crippen MR) is 122 cm³/mol. The van der Waals surface area contributed by atoms with Crippen molar-refractivity contribution in [2.24, 2.45) is 5.92 Å². The molecule has 3 nitrogen and oxygen atoms in total. The van der Waals surface area contributed by atoms with Crippen molar-refractivity contribution in [3.63, 3.8) is 0 Å². The Kier molecular flexibility index (Phi) is 5.68. The molecule has 0 amide bonds. The van der Waals surface area contributed by atoms with Gasteiger partial charge in [-0.15, -0.1) is 0 Å². The van der Waals surface area contributed by atoms with E-state index in [0.717, 1.165) is 28.9 Å². The fourth-order valence-electron chi connectivity index (χ4n) is 5.80. The molecule has 2 fully saturated rings. The summed E-state index contributed by atoms with van der Waals surface area (Å²) in [5.41, 5.74) is 2.87. The molecule has 160 valence electrons. The van der Waals surface area contributed by atoms with E-state index in [0.29, 0.717) is 18.9 Å². The molecule has 30 heavy (non-hydrogen) atoms. The Morgan fingerprint density at radius 1 is 0.933 bits per heavy atom. The Morgan fingerprint density at radius 3 is 2.50 bits per heavy atom. The fourth-order valence-corrected chi connectivity index (χ4v) is 5.92. The quantitative estimate of drug-likeness (QED) is 0.612. The van der Waals surface area contributed by atoms with Gasteiger partial charge in [-0.25, -0.2) is 0 Å². The standard InChI is InChI=1S/C26H32ClNO2/c1-18-2-9-22(10-3-18)28-23-12-13-26(16-23,20-5-7-21(27)8-6-20)15-19-4-11-24-25(14-19)30-17-29-24/h4-8,11,14,18,22-23,28H,2-3,9-10,12-13,15-17H2,1H3. The Morgan fingerprint density at radius 2 is 1.70 bits per heavy atom. The number of rotatable bonds is 5. The van der Waals surface area contributed by atoms with E-state index in [2.05, 4.69) is 42.6 Å². The van der Waals surface area contributed by atoms with Gasteiger partial charge in [0.15, 0.2) is 11.5 Å². The smallest absolute Gasteiger partial charge is 0.231 e. The first-order chi connectivity index (χ1) is 14.6. The molecule has 0 aromatic heterocycles. The van der Waals surface area contributed by atoms with Crippen LogP contribution in [0.2, 0.25) is 5.02 Å². The number of fused-ring (bicyclic) bond motifs is 1. The van der Waals surface area contributed by atoms with Crippen molar-refractivity contribution >= 4 is 11.6 Å². The summed E-state index contributed by atoms with van der Waals surface area (Å²) in [7, 11) is 0. The van der Waals surface area contributed by atoms with Crippen LogP contribution in [0.5, 0.6) is 11.5 Å². The molecule has 2 aliphatic carbocycles. The van der Waals surface area contributed by atoms with Crippen molar-refractivity contribution in [3.05, 3.63) is 58.6 Å². The van der Waals surface area contributed by atoms with Crippen LogP contribution in [0.1, 0.15) is 63.0 Å². The third-order valence-electron chi connectivity index (χ3n) is 7.53. The van der Waals surface area contributed by atoms with Crippen LogP contribution in [0.15, 0.2) is 42.5 Å². The number of nitrogens with one attached hydrogen (secondary N) is 1. The molecule has 5 rings (SSSR count). The van der Waals surface area contributed by atoms with Crippen LogP contribution >= 0.6 is 11.6 Å². The first-order valence-electron chi connectivity index (χ1n) is 11.5. The van der Waals surface area contributed by atoms with Crippen LogP contribution in [-0.4, -0.2) is 18.9 Å². The van der Waals surface area contributed by atoms with Crippen molar-refractivity contribution in [3.8, 4) is 11.5 Å². The summed E-state index contributed by atoms with van der Waals surface area (Å²) in [5.74, 6) is 2.63. The van der Waals surface area contributed by atoms with E-state index in [1.54, 1.807) is 0 Å². The van der Waals surface area contributed by atoms with Gasteiger partial charge in [-0.1, -0.05) is 36.7 Å². The van der Waals surface area contributed by atoms with Crippen LogP contribution in [0, 0.1) is 5.92 Å². The normalized spacial score (nSPS) is 30.5. The van der Waals surface area contributed by atoms with Crippen molar-refractivity contribution in [1.29, 1.82) is 0 Å². The molecule has 0 spiro atoms. The summed E-state index contributed by atoms with van der Waals surface area (Å²) in [6.45, 7) is 2.72. The molecule has 1 aliphatic heterocycles. The average Bonchev–Trinajstić information content (AvgIpc) is 3.37.